The predicted molar refractivity (Wildman–Crippen MR) is 60.9 cm³/mol. The van der Waals surface area contributed by atoms with Gasteiger partial charge in [-0.1, -0.05) is 0 Å². The molecular formula is C11H9N5O. The number of carbonyl (C=O) groups excluding carboxylic acids is 1. The Morgan fingerprint density at radius 1 is 1.41 bits per heavy atom. The van der Waals surface area contributed by atoms with Gasteiger partial charge in [0.15, 0.2) is 0 Å². The molecule has 84 valence electrons. The van der Waals surface area contributed by atoms with Crippen molar-refractivity contribution in [1.29, 1.82) is 5.26 Å². The first-order valence-corrected chi connectivity index (χ1v) is 4.81. The second kappa shape index (κ2) is 4.37. The lowest BCUT2D eigenvalue weighted by atomic mass is 10.2. The summed E-state index contributed by atoms with van der Waals surface area (Å²) in [5, 5.41) is 12.6. The van der Waals surface area contributed by atoms with Crippen molar-refractivity contribution in [3.63, 3.8) is 0 Å². The Bertz CT molecular complexity index is 579. The Kier molecular flexibility index (Phi) is 2.75. The largest absolute Gasteiger partial charge is 0.365 e. The van der Waals surface area contributed by atoms with Crippen LogP contribution in [0.3, 0.4) is 0 Å². The minimum absolute atomic E-state index is 0.325. The van der Waals surface area contributed by atoms with Crippen LogP contribution >= 0.6 is 0 Å². The molecule has 2 aromatic rings. The predicted octanol–water partition coefficient (Wildman–Crippen LogP) is 0.729. The van der Waals surface area contributed by atoms with Crippen LogP contribution in [0.5, 0.6) is 0 Å². The fourth-order valence-corrected chi connectivity index (χ4v) is 1.26. The van der Waals surface area contributed by atoms with Crippen molar-refractivity contribution >= 4 is 11.6 Å². The van der Waals surface area contributed by atoms with Gasteiger partial charge in [-0.15, -0.1) is 0 Å². The third-order valence-electron chi connectivity index (χ3n) is 2.12. The average molecular weight is 227 g/mol. The van der Waals surface area contributed by atoms with Crippen molar-refractivity contribution < 1.29 is 4.79 Å². The minimum atomic E-state index is -0.530. The van der Waals surface area contributed by atoms with E-state index < -0.39 is 5.91 Å². The zero-order valence-electron chi connectivity index (χ0n) is 8.79. The number of amides is 1. The number of nitrogens with two attached hydrogens (primary N) is 1. The van der Waals surface area contributed by atoms with Gasteiger partial charge in [0, 0.05) is 0 Å². The van der Waals surface area contributed by atoms with Gasteiger partial charge >= 0.3 is 0 Å². The van der Waals surface area contributed by atoms with Crippen molar-refractivity contribution in [2.24, 2.45) is 5.73 Å². The van der Waals surface area contributed by atoms with E-state index in [-0.39, 0.29) is 0 Å². The standard InChI is InChI=1S/C11H9N5O/c12-5-8-1-3-10(4-2-8)15-16-7-9(6-14-16)11(13)17/h1-4,6-7,15H,(H2,13,17). The van der Waals surface area contributed by atoms with E-state index in [0.717, 1.165) is 5.69 Å². The van der Waals surface area contributed by atoms with Gasteiger partial charge in [0.1, 0.15) is 0 Å². The van der Waals surface area contributed by atoms with Gasteiger partial charge in [-0.25, -0.2) is 0 Å². The van der Waals surface area contributed by atoms with Crippen LogP contribution in [0.4, 0.5) is 5.69 Å². The van der Waals surface area contributed by atoms with E-state index in [1.165, 1.54) is 17.2 Å². The maximum absolute atomic E-state index is 10.9. The van der Waals surface area contributed by atoms with Crippen molar-refractivity contribution in [3.05, 3.63) is 47.8 Å². The molecule has 3 N–H and O–H groups in total. The quantitative estimate of drug-likeness (QED) is 0.807. The highest BCUT2D eigenvalue weighted by atomic mass is 16.1. The number of benzene rings is 1. The number of rotatable bonds is 3. The van der Waals surface area contributed by atoms with Crippen LogP contribution in [0.1, 0.15) is 15.9 Å². The molecular weight excluding hydrogens is 218 g/mol. The molecule has 0 aliphatic carbocycles. The highest BCUT2D eigenvalue weighted by Gasteiger charge is 2.03. The van der Waals surface area contributed by atoms with Crippen molar-refractivity contribution in [1.82, 2.24) is 9.89 Å². The molecule has 0 radical (unpaired) electrons. The third-order valence-corrected chi connectivity index (χ3v) is 2.12. The molecule has 1 heterocycles. The van der Waals surface area contributed by atoms with E-state index in [0.29, 0.717) is 11.1 Å². The second-order valence-corrected chi connectivity index (χ2v) is 3.34. The van der Waals surface area contributed by atoms with E-state index in [9.17, 15) is 4.79 Å². The number of anilines is 1. The molecule has 0 unspecified atom stereocenters. The van der Waals surface area contributed by atoms with Crippen LogP contribution in [-0.4, -0.2) is 15.8 Å². The summed E-state index contributed by atoms with van der Waals surface area (Å²) in [5.41, 5.74) is 9.68. The number of nitrogens with one attached hydrogen (secondary N) is 1. The van der Waals surface area contributed by atoms with Gasteiger partial charge in [-0.05, 0) is 24.3 Å². The molecule has 2 rings (SSSR count). The number of carbonyl (C=O) groups is 1. The van der Waals surface area contributed by atoms with Crippen molar-refractivity contribution in [2.45, 2.75) is 0 Å². The molecule has 6 nitrogen and oxygen atoms in total. The Morgan fingerprint density at radius 2 is 2.12 bits per heavy atom. The third kappa shape index (κ3) is 2.41. The summed E-state index contributed by atoms with van der Waals surface area (Å²) in [7, 11) is 0. The summed E-state index contributed by atoms with van der Waals surface area (Å²) < 4.78 is 0. The molecule has 0 aliphatic heterocycles. The fourth-order valence-electron chi connectivity index (χ4n) is 1.26. The van der Waals surface area contributed by atoms with Crippen LogP contribution in [0.15, 0.2) is 36.7 Å². The molecule has 0 aliphatic rings. The summed E-state index contributed by atoms with van der Waals surface area (Å²) in [6, 6.07) is 8.87. The Morgan fingerprint density at radius 3 is 2.65 bits per heavy atom. The molecule has 1 aromatic carbocycles. The van der Waals surface area contributed by atoms with Crippen LogP contribution in [0.25, 0.3) is 0 Å². The molecule has 0 spiro atoms. The molecule has 6 heteroatoms. The summed E-state index contributed by atoms with van der Waals surface area (Å²) in [4.78, 5) is 12.2. The van der Waals surface area contributed by atoms with E-state index in [1.807, 2.05) is 6.07 Å². The Hall–Kier alpha value is -2.81. The first-order chi connectivity index (χ1) is 8.19. The molecule has 0 atom stereocenters. The molecule has 0 saturated heterocycles. The summed E-state index contributed by atoms with van der Waals surface area (Å²) >= 11 is 0. The van der Waals surface area contributed by atoms with Gasteiger partial charge in [0.2, 0.25) is 0 Å². The normalized spacial score (nSPS) is 9.59. The number of nitriles is 1. The topological polar surface area (TPSA) is 96.7 Å². The van der Waals surface area contributed by atoms with Crippen LogP contribution in [0.2, 0.25) is 0 Å². The number of hydrogen-bond acceptors (Lipinski definition) is 4. The number of hydrogen-bond donors (Lipinski definition) is 2. The molecule has 1 aromatic heterocycles. The number of primary amides is 1. The van der Waals surface area contributed by atoms with Gasteiger partial charge < -0.3 is 5.73 Å². The maximum atomic E-state index is 10.9. The lowest BCUT2D eigenvalue weighted by Crippen LogP contribution is -2.11. The first kappa shape index (κ1) is 10.7. The van der Waals surface area contributed by atoms with Gasteiger partial charge in [-0.2, -0.15) is 15.2 Å². The minimum Gasteiger partial charge on any atom is -0.365 e. The van der Waals surface area contributed by atoms with Gasteiger partial charge in [0.25, 0.3) is 5.91 Å². The summed E-state index contributed by atoms with van der Waals surface area (Å²) in [5.74, 6) is -0.530. The van der Waals surface area contributed by atoms with Crippen LogP contribution < -0.4 is 11.2 Å². The molecule has 0 fully saturated rings. The monoisotopic (exact) mass is 227 g/mol. The summed E-state index contributed by atoms with van der Waals surface area (Å²) in [6.07, 6.45) is 2.86. The maximum Gasteiger partial charge on any atom is 0.251 e. The lowest BCUT2D eigenvalue weighted by Gasteiger charge is -2.04. The van der Waals surface area contributed by atoms with Gasteiger partial charge in [-0.3, -0.25) is 10.2 Å². The number of nitrogens with zero attached hydrogens (tertiary/aromatic N) is 3. The van der Waals surface area contributed by atoms with E-state index in [1.54, 1.807) is 24.3 Å². The molecule has 0 bridgehead atoms. The second-order valence-electron chi connectivity index (χ2n) is 3.34. The highest BCUT2D eigenvalue weighted by Crippen LogP contribution is 2.09. The smallest absolute Gasteiger partial charge is 0.251 e. The summed E-state index contributed by atoms with van der Waals surface area (Å²) in [6.45, 7) is 0. The zero-order valence-corrected chi connectivity index (χ0v) is 8.79. The van der Waals surface area contributed by atoms with Crippen molar-refractivity contribution in [3.8, 4) is 6.07 Å². The molecule has 0 saturated carbocycles. The molecule has 17 heavy (non-hydrogen) atoms. The molecule has 1 amide bonds. The van der Waals surface area contributed by atoms with Gasteiger partial charge in [0.05, 0.1) is 35.3 Å². The van der Waals surface area contributed by atoms with Crippen molar-refractivity contribution in [2.75, 3.05) is 5.43 Å². The Balaban J connectivity index is 2.14. The Labute approximate surface area is 97.2 Å². The highest BCUT2D eigenvalue weighted by molar-refractivity contribution is 5.92. The number of aromatic nitrogens is 2. The lowest BCUT2D eigenvalue weighted by molar-refractivity contribution is 0.100. The van der Waals surface area contributed by atoms with E-state index >= 15 is 0 Å². The SMILES string of the molecule is N#Cc1ccc(Nn2cc(C(N)=O)cn2)cc1. The van der Waals surface area contributed by atoms with Crippen LogP contribution in [0, 0.1) is 11.3 Å². The fraction of sp³-hybridized carbons (Fsp3) is 0. The van der Waals surface area contributed by atoms with E-state index in [4.69, 9.17) is 11.0 Å². The average Bonchev–Trinajstić information content (AvgIpc) is 2.79. The van der Waals surface area contributed by atoms with E-state index in [2.05, 4.69) is 10.5 Å². The zero-order chi connectivity index (χ0) is 12.3. The van der Waals surface area contributed by atoms with Crippen LogP contribution in [-0.2, 0) is 0 Å². The first-order valence-electron chi connectivity index (χ1n) is 4.81.